The molecule has 4 rings (SSSR count). The number of rotatable bonds is 6. The summed E-state index contributed by atoms with van der Waals surface area (Å²) in [6.45, 7) is 0. The zero-order valence-corrected chi connectivity index (χ0v) is 19.2. The van der Waals surface area contributed by atoms with Gasteiger partial charge in [-0.1, -0.05) is 46.3 Å². The molecule has 0 aromatic heterocycles. The van der Waals surface area contributed by atoms with Crippen LogP contribution in [-0.2, 0) is 20.0 Å². The van der Waals surface area contributed by atoms with Crippen LogP contribution in [0.25, 0.3) is 10.8 Å². The van der Waals surface area contributed by atoms with Crippen molar-refractivity contribution in [2.24, 2.45) is 0 Å². The number of hydrogen-bond donors (Lipinski definition) is 2. The minimum Gasteiger partial charge on any atom is -0.280 e. The van der Waals surface area contributed by atoms with E-state index in [-0.39, 0.29) is 15.5 Å². The third-order valence-electron chi connectivity index (χ3n) is 4.54. The summed E-state index contributed by atoms with van der Waals surface area (Å²) in [5.41, 5.74) is 0.681. The molecular formula is C22H17BrN2O4S2. The topological polar surface area (TPSA) is 92.3 Å². The van der Waals surface area contributed by atoms with Crippen LogP contribution >= 0.6 is 15.9 Å². The van der Waals surface area contributed by atoms with Crippen molar-refractivity contribution in [2.45, 2.75) is 9.79 Å². The molecule has 0 bridgehead atoms. The van der Waals surface area contributed by atoms with Crippen molar-refractivity contribution in [3.8, 4) is 0 Å². The predicted octanol–water partition coefficient (Wildman–Crippen LogP) is 5.20. The Balaban J connectivity index is 1.53. The van der Waals surface area contributed by atoms with Gasteiger partial charge in [-0.2, -0.15) is 0 Å². The maximum Gasteiger partial charge on any atom is 0.261 e. The van der Waals surface area contributed by atoms with Crippen molar-refractivity contribution in [2.75, 3.05) is 9.44 Å². The third kappa shape index (κ3) is 4.90. The van der Waals surface area contributed by atoms with Gasteiger partial charge < -0.3 is 0 Å². The van der Waals surface area contributed by atoms with E-state index in [4.69, 9.17) is 0 Å². The first kappa shape index (κ1) is 21.4. The third-order valence-corrected chi connectivity index (χ3v) is 7.85. The van der Waals surface area contributed by atoms with Crippen LogP contribution in [0.15, 0.2) is 105 Å². The number of sulfonamides is 2. The zero-order chi connectivity index (χ0) is 22.1. The zero-order valence-electron chi connectivity index (χ0n) is 16.0. The number of halogens is 1. The molecule has 9 heteroatoms. The van der Waals surface area contributed by atoms with Crippen molar-refractivity contribution in [3.63, 3.8) is 0 Å². The lowest BCUT2D eigenvalue weighted by atomic mass is 10.1. The van der Waals surface area contributed by atoms with Gasteiger partial charge in [-0.25, -0.2) is 16.8 Å². The van der Waals surface area contributed by atoms with Gasteiger partial charge in [0.2, 0.25) is 0 Å². The molecule has 0 aliphatic heterocycles. The van der Waals surface area contributed by atoms with Gasteiger partial charge in [-0.05, 0) is 71.4 Å². The minimum absolute atomic E-state index is 0.0177. The van der Waals surface area contributed by atoms with Crippen molar-refractivity contribution in [1.29, 1.82) is 0 Å². The standard InChI is InChI=1S/C22H17BrN2O4S2/c23-18-6-8-19(9-7-18)24-30(26,27)21-13-10-20(11-14-21)25-31(28,29)22-12-5-16-3-1-2-4-17(16)15-22/h1-15,24-25H. The molecular weight excluding hydrogens is 500 g/mol. The lowest BCUT2D eigenvalue weighted by molar-refractivity contribution is 0.600. The van der Waals surface area contributed by atoms with E-state index in [2.05, 4.69) is 25.4 Å². The highest BCUT2D eigenvalue weighted by molar-refractivity contribution is 9.10. The molecule has 0 heterocycles. The normalized spacial score (nSPS) is 11.9. The molecule has 0 spiro atoms. The number of nitrogens with one attached hydrogen (secondary N) is 2. The van der Waals surface area contributed by atoms with Gasteiger partial charge >= 0.3 is 0 Å². The molecule has 0 aliphatic carbocycles. The maximum atomic E-state index is 12.8. The molecule has 6 nitrogen and oxygen atoms in total. The van der Waals surface area contributed by atoms with E-state index in [1.54, 1.807) is 36.4 Å². The summed E-state index contributed by atoms with van der Waals surface area (Å²) in [4.78, 5) is 0.142. The van der Waals surface area contributed by atoms with Gasteiger partial charge in [-0.3, -0.25) is 9.44 Å². The van der Waals surface area contributed by atoms with Crippen molar-refractivity contribution in [1.82, 2.24) is 0 Å². The molecule has 31 heavy (non-hydrogen) atoms. The number of hydrogen-bond acceptors (Lipinski definition) is 4. The second kappa shape index (κ2) is 8.33. The van der Waals surface area contributed by atoms with Crippen LogP contribution in [0.2, 0.25) is 0 Å². The monoisotopic (exact) mass is 516 g/mol. The molecule has 4 aromatic carbocycles. The first-order chi connectivity index (χ1) is 14.7. The van der Waals surface area contributed by atoms with Gasteiger partial charge in [0.05, 0.1) is 9.79 Å². The van der Waals surface area contributed by atoms with E-state index in [0.29, 0.717) is 5.69 Å². The first-order valence-electron chi connectivity index (χ1n) is 9.13. The fourth-order valence-electron chi connectivity index (χ4n) is 2.98. The molecule has 0 unspecified atom stereocenters. The SMILES string of the molecule is O=S(=O)(Nc1ccc(Br)cc1)c1ccc(NS(=O)(=O)c2ccc3ccccc3c2)cc1. The summed E-state index contributed by atoms with van der Waals surface area (Å²) in [6, 6.07) is 24.6. The largest absolute Gasteiger partial charge is 0.280 e. The predicted molar refractivity (Wildman–Crippen MR) is 126 cm³/mol. The lowest BCUT2D eigenvalue weighted by Gasteiger charge is -2.11. The van der Waals surface area contributed by atoms with Crippen molar-refractivity contribution >= 4 is 58.1 Å². The number of fused-ring (bicyclic) bond motifs is 1. The van der Waals surface area contributed by atoms with Gasteiger partial charge in [0.15, 0.2) is 0 Å². The van der Waals surface area contributed by atoms with Crippen LogP contribution in [-0.4, -0.2) is 16.8 Å². The second-order valence-corrected chi connectivity index (χ2v) is 11.0. The summed E-state index contributed by atoms with van der Waals surface area (Å²) in [5, 5.41) is 1.75. The molecule has 4 aromatic rings. The van der Waals surface area contributed by atoms with Crippen molar-refractivity contribution in [3.05, 3.63) is 95.5 Å². The van der Waals surface area contributed by atoms with E-state index < -0.39 is 20.0 Å². The fourth-order valence-corrected chi connectivity index (χ4v) is 5.40. The van der Waals surface area contributed by atoms with Crippen LogP contribution in [0.5, 0.6) is 0 Å². The Kier molecular flexibility index (Phi) is 5.74. The molecule has 0 amide bonds. The Labute approximate surface area is 189 Å². The lowest BCUT2D eigenvalue weighted by Crippen LogP contribution is -2.14. The summed E-state index contributed by atoms with van der Waals surface area (Å²) in [7, 11) is -7.63. The molecule has 0 radical (unpaired) electrons. The van der Waals surface area contributed by atoms with Gasteiger partial charge in [0.25, 0.3) is 20.0 Å². The molecule has 0 saturated heterocycles. The maximum absolute atomic E-state index is 12.8. The summed E-state index contributed by atoms with van der Waals surface area (Å²) >= 11 is 3.30. The smallest absolute Gasteiger partial charge is 0.261 e. The highest BCUT2D eigenvalue weighted by atomic mass is 79.9. The molecule has 0 fully saturated rings. The Morgan fingerprint density at radius 1 is 0.548 bits per heavy atom. The van der Waals surface area contributed by atoms with Gasteiger partial charge in [-0.15, -0.1) is 0 Å². The van der Waals surface area contributed by atoms with E-state index in [9.17, 15) is 16.8 Å². The first-order valence-corrected chi connectivity index (χ1v) is 12.9. The Morgan fingerprint density at radius 2 is 1.03 bits per heavy atom. The average Bonchev–Trinajstić information content (AvgIpc) is 2.75. The Morgan fingerprint density at radius 3 is 1.65 bits per heavy atom. The average molecular weight is 517 g/mol. The van der Waals surface area contributed by atoms with Crippen LogP contribution in [0.1, 0.15) is 0 Å². The molecule has 0 aliphatic rings. The molecule has 0 atom stereocenters. The summed E-state index contributed by atoms with van der Waals surface area (Å²) < 4.78 is 56.4. The van der Waals surface area contributed by atoms with E-state index in [1.807, 2.05) is 24.3 Å². The van der Waals surface area contributed by atoms with Crippen LogP contribution in [0, 0.1) is 0 Å². The number of anilines is 2. The quantitative estimate of drug-likeness (QED) is 0.368. The minimum atomic E-state index is -3.83. The van der Waals surface area contributed by atoms with Crippen molar-refractivity contribution < 1.29 is 16.8 Å². The van der Waals surface area contributed by atoms with Crippen LogP contribution in [0.3, 0.4) is 0 Å². The Hall–Kier alpha value is -2.88. The Bertz CT molecular complexity index is 1450. The number of benzene rings is 4. The van der Waals surface area contributed by atoms with Crippen LogP contribution < -0.4 is 9.44 Å². The fraction of sp³-hybridized carbons (Fsp3) is 0. The second-order valence-electron chi connectivity index (χ2n) is 6.75. The van der Waals surface area contributed by atoms with E-state index in [0.717, 1.165) is 15.2 Å². The molecule has 2 N–H and O–H groups in total. The summed E-state index contributed by atoms with van der Waals surface area (Å²) in [6.07, 6.45) is 0. The highest BCUT2D eigenvalue weighted by Crippen LogP contribution is 2.23. The highest BCUT2D eigenvalue weighted by Gasteiger charge is 2.17. The van der Waals surface area contributed by atoms with Gasteiger partial charge in [0.1, 0.15) is 0 Å². The molecule has 0 saturated carbocycles. The van der Waals surface area contributed by atoms with E-state index in [1.165, 1.54) is 30.3 Å². The van der Waals surface area contributed by atoms with Crippen LogP contribution in [0.4, 0.5) is 11.4 Å². The summed E-state index contributed by atoms with van der Waals surface area (Å²) in [5.74, 6) is 0. The van der Waals surface area contributed by atoms with E-state index >= 15 is 0 Å². The van der Waals surface area contributed by atoms with Gasteiger partial charge in [0, 0.05) is 15.8 Å². The molecule has 158 valence electrons.